The van der Waals surface area contributed by atoms with E-state index in [2.05, 4.69) is 9.97 Å². The van der Waals surface area contributed by atoms with Crippen molar-refractivity contribution in [2.45, 2.75) is 6.42 Å². The van der Waals surface area contributed by atoms with Gasteiger partial charge in [0.25, 0.3) is 0 Å². The fourth-order valence-corrected chi connectivity index (χ4v) is 2.17. The highest BCUT2D eigenvalue weighted by Crippen LogP contribution is 2.15. The lowest BCUT2D eigenvalue weighted by molar-refractivity contribution is 0.601. The SMILES string of the molecule is CS(=O)(=O)CCc1cccc(-c2ccncc2)n1. The maximum Gasteiger partial charge on any atom is 0.147 e. The minimum atomic E-state index is -2.95. The molecule has 2 rings (SSSR count). The number of aryl methyl sites for hydroxylation is 1. The van der Waals surface area contributed by atoms with Crippen LogP contribution in [-0.4, -0.2) is 30.4 Å². The second-order valence-electron chi connectivity index (χ2n) is 4.13. The van der Waals surface area contributed by atoms with E-state index in [0.29, 0.717) is 6.42 Å². The number of hydrogen-bond acceptors (Lipinski definition) is 4. The third-order valence-electron chi connectivity index (χ3n) is 2.51. The Morgan fingerprint density at radius 1 is 1.11 bits per heavy atom. The lowest BCUT2D eigenvalue weighted by atomic mass is 10.1. The zero-order chi connectivity index (χ0) is 13.0. The van der Waals surface area contributed by atoms with E-state index in [1.807, 2.05) is 30.3 Å². The molecular weight excluding hydrogens is 248 g/mol. The Kier molecular flexibility index (Phi) is 3.72. The van der Waals surface area contributed by atoms with E-state index >= 15 is 0 Å². The molecule has 0 unspecified atom stereocenters. The normalized spacial score (nSPS) is 11.4. The molecule has 0 aliphatic heterocycles. The minimum Gasteiger partial charge on any atom is -0.265 e. The number of aromatic nitrogens is 2. The molecule has 2 aromatic heterocycles. The van der Waals surface area contributed by atoms with Crippen LogP contribution >= 0.6 is 0 Å². The summed E-state index contributed by atoms with van der Waals surface area (Å²) in [5.74, 6) is 0.125. The quantitative estimate of drug-likeness (QED) is 0.842. The smallest absolute Gasteiger partial charge is 0.147 e. The summed E-state index contributed by atoms with van der Waals surface area (Å²) in [6.45, 7) is 0. The van der Waals surface area contributed by atoms with E-state index in [9.17, 15) is 8.42 Å². The van der Waals surface area contributed by atoms with Gasteiger partial charge in [-0.25, -0.2) is 8.42 Å². The summed E-state index contributed by atoms with van der Waals surface area (Å²) in [7, 11) is -2.95. The summed E-state index contributed by atoms with van der Waals surface area (Å²) in [5.41, 5.74) is 2.60. The van der Waals surface area contributed by atoms with Gasteiger partial charge in [-0.1, -0.05) is 6.07 Å². The molecule has 0 bridgehead atoms. The highest BCUT2D eigenvalue weighted by atomic mass is 32.2. The first-order chi connectivity index (χ1) is 8.54. The van der Waals surface area contributed by atoms with Crippen molar-refractivity contribution in [2.24, 2.45) is 0 Å². The first kappa shape index (κ1) is 12.7. The summed E-state index contributed by atoms with van der Waals surface area (Å²) < 4.78 is 22.2. The van der Waals surface area contributed by atoms with E-state index in [0.717, 1.165) is 17.0 Å². The van der Waals surface area contributed by atoms with Gasteiger partial charge in [-0.15, -0.1) is 0 Å². The van der Waals surface area contributed by atoms with Gasteiger partial charge in [0.2, 0.25) is 0 Å². The van der Waals surface area contributed by atoms with E-state index in [1.165, 1.54) is 6.26 Å². The van der Waals surface area contributed by atoms with Gasteiger partial charge >= 0.3 is 0 Å². The second-order valence-corrected chi connectivity index (χ2v) is 6.39. The molecular formula is C13H14N2O2S. The van der Waals surface area contributed by atoms with Crippen LogP contribution in [0.5, 0.6) is 0 Å². The fraction of sp³-hybridized carbons (Fsp3) is 0.231. The number of pyridine rings is 2. The molecule has 0 fully saturated rings. The van der Waals surface area contributed by atoms with Crippen molar-refractivity contribution in [1.29, 1.82) is 0 Å². The molecule has 4 nitrogen and oxygen atoms in total. The maximum absolute atomic E-state index is 11.1. The molecule has 0 aliphatic carbocycles. The summed E-state index contributed by atoms with van der Waals surface area (Å²) >= 11 is 0. The van der Waals surface area contributed by atoms with Gasteiger partial charge in [-0.05, 0) is 24.3 Å². The van der Waals surface area contributed by atoms with Crippen molar-refractivity contribution in [1.82, 2.24) is 9.97 Å². The Balaban J connectivity index is 2.21. The predicted octanol–water partition coefficient (Wildman–Crippen LogP) is 1.73. The van der Waals surface area contributed by atoms with E-state index in [4.69, 9.17) is 0 Å². The largest absolute Gasteiger partial charge is 0.265 e. The summed E-state index contributed by atoms with van der Waals surface area (Å²) in [6.07, 6.45) is 5.10. The van der Waals surface area contributed by atoms with Crippen molar-refractivity contribution in [3.63, 3.8) is 0 Å². The third kappa shape index (κ3) is 3.63. The minimum absolute atomic E-state index is 0.125. The van der Waals surface area contributed by atoms with Crippen molar-refractivity contribution in [3.8, 4) is 11.3 Å². The first-order valence-electron chi connectivity index (χ1n) is 5.59. The van der Waals surface area contributed by atoms with E-state index < -0.39 is 9.84 Å². The standard InChI is InChI=1S/C13H14N2O2S/c1-18(16,17)10-7-12-3-2-4-13(15-12)11-5-8-14-9-6-11/h2-6,8-9H,7,10H2,1H3. The second kappa shape index (κ2) is 5.27. The van der Waals surface area contributed by atoms with Gasteiger partial charge in [0.15, 0.2) is 0 Å². The molecule has 0 radical (unpaired) electrons. The average Bonchev–Trinajstić information content (AvgIpc) is 2.37. The molecule has 2 aromatic rings. The number of rotatable bonds is 4. The van der Waals surface area contributed by atoms with Crippen LogP contribution in [0, 0.1) is 0 Å². The van der Waals surface area contributed by atoms with Crippen LogP contribution in [0.4, 0.5) is 0 Å². The van der Waals surface area contributed by atoms with E-state index in [1.54, 1.807) is 12.4 Å². The van der Waals surface area contributed by atoms with Gasteiger partial charge in [0, 0.05) is 36.3 Å². The van der Waals surface area contributed by atoms with Crippen LogP contribution in [0.1, 0.15) is 5.69 Å². The van der Waals surface area contributed by atoms with Crippen LogP contribution in [-0.2, 0) is 16.3 Å². The van der Waals surface area contributed by atoms with Crippen LogP contribution in [0.2, 0.25) is 0 Å². The first-order valence-corrected chi connectivity index (χ1v) is 7.65. The summed E-state index contributed by atoms with van der Waals surface area (Å²) in [6, 6.07) is 9.39. The molecule has 0 aromatic carbocycles. The molecule has 0 atom stereocenters. The van der Waals surface area contributed by atoms with Crippen LogP contribution in [0.25, 0.3) is 11.3 Å². The highest BCUT2D eigenvalue weighted by molar-refractivity contribution is 7.90. The molecule has 0 saturated heterocycles. The molecule has 2 heterocycles. The van der Waals surface area contributed by atoms with Gasteiger partial charge in [0.1, 0.15) is 9.84 Å². The van der Waals surface area contributed by atoms with Gasteiger partial charge in [-0.2, -0.15) is 0 Å². The lowest BCUT2D eigenvalue weighted by Crippen LogP contribution is -2.07. The number of sulfone groups is 1. The number of nitrogens with zero attached hydrogens (tertiary/aromatic N) is 2. The van der Waals surface area contributed by atoms with Crippen molar-refractivity contribution in [3.05, 3.63) is 48.4 Å². The number of hydrogen-bond donors (Lipinski definition) is 0. The van der Waals surface area contributed by atoms with Gasteiger partial charge in [0.05, 0.1) is 11.4 Å². The fourth-order valence-electron chi connectivity index (χ4n) is 1.59. The molecule has 5 heteroatoms. The maximum atomic E-state index is 11.1. The Bertz CT molecular complexity index is 624. The molecule has 18 heavy (non-hydrogen) atoms. The molecule has 0 saturated carbocycles. The average molecular weight is 262 g/mol. The third-order valence-corrected chi connectivity index (χ3v) is 3.46. The van der Waals surface area contributed by atoms with Crippen LogP contribution in [0.15, 0.2) is 42.7 Å². The Morgan fingerprint density at radius 3 is 2.50 bits per heavy atom. The van der Waals surface area contributed by atoms with Crippen LogP contribution < -0.4 is 0 Å². The monoisotopic (exact) mass is 262 g/mol. The summed E-state index contributed by atoms with van der Waals surface area (Å²) in [5, 5.41) is 0. The van der Waals surface area contributed by atoms with Gasteiger partial charge < -0.3 is 0 Å². The zero-order valence-corrected chi connectivity index (χ0v) is 10.9. The lowest BCUT2D eigenvalue weighted by Gasteiger charge is -2.04. The van der Waals surface area contributed by atoms with Gasteiger partial charge in [-0.3, -0.25) is 9.97 Å². The van der Waals surface area contributed by atoms with Crippen molar-refractivity contribution in [2.75, 3.05) is 12.0 Å². The van der Waals surface area contributed by atoms with Crippen molar-refractivity contribution >= 4 is 9.84 Å². The molecule has 0 spiro atoms. The van der Waals surface area contributed by atoms with Crippen molar-refractivity contribution < 1.29 is 8.42 Å². The van der Waals surface area contributed by atoms with E-state index in [-0.39, 0.29) is 5.75 Å². The molecule has 0 amide bonds. The topological polar surface area (TPSA) is 59.9 Å². The zero-order valence-electron chi connectivity index (χ0n) is 10.1. The Hall–Kier alpha value is -1.75. The Labute approximate surface area is 107 Å². The highest BCUT2D eigenvalue weighted by Gasteiger charge is 2.05. The molecule has 0 N–H and O–H groups in total. The Morgan fingerprint density at radius 2 is 1.83 bits per heavy atom. The predicted molar refractivity (Wildman–Crippen MR) is 70.9 cm³/mol. The molecule has 0 aliphatic rings. The summed E-state index contributed by atoms with van der Waals surface area (Å²) in [4.78, 5) is 8.41. The van der Waals surface area contributed by atoms with Crippen LogP contribution in [0.3, 0.4) is 0 Å². The molecule has 94 valence electrons.